The van der Waals surface area contributed by atoms with Crippen molar-refractivity contribution in [2.24, 2.45) is 11.3 Å². The third-order valence-corrected chi connectivity index (χ3v) is 6.20. The summed E-state index contributed by atoms with van der Waals surface area (Å²) in [7, 11) is 0. The minimum Gasteiger partial charge on any atom is -0.481 e. The molecule has 0 amide bonds. The summed E-state index contributed by atoms with van der Waals surface area (Å²) in [4.78, 5) is 27.8. The number of unbranched alkanes of at least 4 members (excludes halogenated alkanes) is 3. The number of carbonyl (C=O) groups is 2. The molecule has 0 bridgehead atoms. The van der Waals surface area contributed by atoms with Crippen molar-refractivity contribution >= 4 is 11.8 Å². The Hall–Kier alpha value is -2.21. The van der Waals surface area contributed by atoms with Crippen LogP contribution in [0.4, 0.5) is 0 Å². The second kappa shape index (κ2) is 11.8. The summed E-state index contributed by atoms with van der Waals surface area (Å²) in [6.07, 6.45) is 19.2. The van der Waals surface area contributed by atoms with E-state index >= 15 is 0 Å². The number of hydrogen-bond donors (Lipinski definition) is 2. The summed E-state index contributed by atoms with van der Waals surface area (Å²) in [6.45, 7) is 4.15. The number of aliphatic hydroxyl groups is 1. The van der Waals surface area contributed by atoms with Gasteiger partial charge in [-0.3, -0.25) is 9.59 Å². The van der Waals surface area contributed by atoms with Crippen molar-refractivity contribution in [3.05, 3.63) is 43.0 Å². The number of carboxylic acids is 1. The topological polar surface area (TPSA) is 92.4 Å². The van der Waals surface area contributed by atoms with Gasteiger partial charge in [-0.05, 0) is 25.7 Å². The van der Waals surface area contributed by atoms with E-state index in [1.54, 1.807) is 12.5 Å². The number of allylic oxidation sites excluding steroid dienone is 3. The van der Waals surface area contributed by atoms with Gasteiger partial charge in [0.15, 0.2) is 0 Å². The van der Waals surface area contributed by atoms with Crippen molar-refractivity contribution in [2.75, 3.05) is 0 Å². The smallest absolute Gasteiger partial charge is 0.303 e. The molecule has 0 aromatic carbocycles. The molecule has 1 heterocycles. The summed E-state index contributed by atoms with van der Waals surface area (Å²) in [5.74, 6) is -0.609. The summed E-state index contributed by atoms with van der Waals surface area (Å²) in [5.41, 5.74) is -0.558. The highest BCUT2D eigenvalue weighted by Crippen LogP contribution is 2.50. The minimum absolute atomic E-state index is 0.00972. The molecule has 1 aliphatic rings. The van der Waals surface area contributed by atoms with Crippen molar-refractivity contribution in [2.45, 2.75) is 83.8 Å². The first-order chi connectivity index (χ1) is 14.4. The number of hydrogen-bond acceptors (Lipinski definition) is 4. The minimum atomic E-state index is -0.785. The van der Waals surface area contributed by atoms with Gasteiger partial charge in [0.1, 0.15) is 5.78 Å². The quantitative estimate of drug-likeness (QED) is 0.359. The number of nitrogens with zero attached hydrogens (tertiary/aromatic N) is 2. The first-order valence-corrected chi connectivity index (χ1v) is 11.1. The van der Waals surface area contributed by atoms with E-state index in [0.717, 1.165) is 25.7 Å². The van der Waals surface area contributed by atoms with E-state index in [4.69, 9.17) is 5.11 Å². The maximum absolute atomic E-state index is 13.0. The van der Waals surface area contributed by atoms with Crippen LogP contribution >= 0.6 is 0 Å². The number of carbonyl (C=O) groups excluding carboxylic acids is 1. The molecule has 0 spiro atoms. The van der Waals surface area contributed by atoms with Crippen LogP contribution in [0.3, 0.4) is 0 Å². The lowest BCUT2D eigenvalue weighted by molar-refractivity contribution is -0.137. The van der Waals surface area contributed by atoms with Crippen LogP contribution in [0.5, 0.6) is 0 Å². The second-order valence-electron chi connectivity index (χ2n) is 8.56. The molecule has 1 fully saturated rings. The van der Waals surface area contributed by atoms with Crippen molar-refractivity contribution in [1.82, 2.24) is 9.55 Å². The number of ketones is 1. The second-order valence-corrected chi connectivity index (χ2v) is 8.56. The Morgan fingerprint density at radius 2 is 2.17 bits per heavy atom. The summed E-state index contributed by atoms with van der Waals surface area (Å²) in [6, 6.07) is -0.00972. The van der Waals surface area contributed by atoms with Gasteiger partial charge in [-0.25, -0.2) is 4.98 Å². The van der Waals surface area contributed by atoms with E-state index in [1.165, 1.54) is 0 Å². The zero-order chi connectivity index (χ0) is 22.0. The van der Waals surface area contributed by atoms with Crippen LogP contribution in [0, 0.1) is 11.3 Å². The Balaban J connectivity index is 2.11. The largest absolute Gasteiger partial charge is 0.481 e. The summed E-state index contributed by atoms with van der Waals surface area (Å²) < 4.78 is 2.00. The fourth-order valence-corrected chi connectivity index (χ4v) is 4.27. The maximum atomic E-state index is 13.0. The molecule has 0 radical (unpaired) electrons. The van der Waals surface area contributed by atoms with E-state index in [2.05, 4.69) is 11.9 Å². The number of aliphatic hydroxyl groups excluding tert-OH is 1. The van der Waals surface area contributed by atoms with Crippen LogP contribution in [-0.4, -0.2) is 37.6 Å². The lowest BCUT2D eigenvalue weighted by Gasteiger charge is -2.30. The number of aliphatic carboxylic acids is 1. The summed E-state index contributed by atoms with van der Waals surface area (Å²) in [5, 5.41) is 19.1. The SMILES string of the molecule is CCCCC[C@@H](O)/C=C/C1C(n2ccnc2)CC(=O)C1(C)C/C=C\CCCC(=O)O. The van der Waals surface area contributed by atoms with Gasteiger partial charge in [-0.1, -0.05) is 57.4 Å². The number of carboxylic acid groups (broad SMARTS) is 1. The van der Waals surface area contributed by atoms with E-state index in [9.17, 15) is 14.7 Å². The summed E-state index contributed by atoms with van der Waals surface area (Å²) >= 11 is 0. The zero-order valence-electron chi connectivity index (χ0n) is 18.2. The molecule has 2 rings (SSSR count). The maximum Gasteiger partial charge on any atom is 0.303 e. The first kappa shape index (κ1) is 24.1. The van der Waals surface area contributed by atoms with Crippen molar-refractivity contribution in [3.8, 4) is 0 Å². The predicted octanol–water partition coefficient (Wildman–Crippen LogP) is 4.72. The number of aromatic nitrogens is 2. The highest BCUT2D eigenvalue weighted by molar-refractivity contribution is 5.88. The molecule has 0 aliphatic heterocycles. The normalized spacial score (nSPS) is 25.5. The number of Topliss-reactive ketones (excluding diaryl/α,β-unsaturated/α-hetero) is 1. The first-order valence-electron chi connectivity index (χ1n) is 11.1. The molecule has 6 heteroatoms. The molecule has 4 atom stereocenters. The van der Waals surface area contributed by atoms with Gasteiger partial charge in [-0.2, -0.15) is 0 Å². The Morgan fingerprint density at radius 3 is 2.83 bits per heavy atom. The molecule has 166 valence electrons. The fourth-order valence-electron chi connectivity index (χ4n) is 4.27. The monoisotopic (exact) mass is 416 g/mol. The Morgan fingerprint density at radius 1 is 1.37 bits per heavy atom. The Bertz CT molecular complexity index is 726. The standard InChI is InChI=1S/C24H36N2O4/c1-3-4-7-10-19(27)12-13-20-21(26-16-15-25-18-26)17-22(28)24(20,2)14-9-6-5-8-11-23(29)30/h6,9,12-13,15-16,18-21,27H,3-5,7-8,10-11,14,17H2,1-2H3,(H,29,30)/b9-6-,13-12+/t19-,20?,21?,24?/m1/s1. The average molecular weight is 417 g/mol. The highest BCUT2D eigenvalue weighted by atomic mass is 16.4. The molecular weight excluding hydrogens is 380 g/mol. The van der Waals surface area contributed by atoms with Gasteiger partial charge in [0.25, 0.3) is 0 Å². The third kappa shape index (κ3) is 6.66. The van der Waals surface area contributed by atoms with Crippen LogP contribution in [0.1, 0.15) is 77.7 Å². The molecule has 30 heavy (non-hydrogen) atoms. The van der Waals surface area contributed by atoms with Gasteiger partial charge in [-0.15, -0.1) is 0 Å². The molecule has 6 nitrogen and oxygen atoms in total. The van der Waals surface area contributed by atoms with E-state index in [0.29, 0.717) is 25.7 Å². The Labute approximate surface area is 179 Å². The molecule has 1 aromatic heterocycles. The van der Waals surface area contributed by atoms with Crippen LogP contribution in [0.25, 0.3) is 0 Å². The number of rotatable bonds is 13. The fraction of sp³-hybridized carbons (Fsp3) is 0.625. The lowest BCUT2D eigenvalue weighted by Crippen LogP contribution is -2.29. The van der Waals surface area contributed by atoms with Crippen molar-refractivity contribution in [1.29, 1.82) is 0 Å². The van der Waals surface area contributed by atoms with Gasteiger partial charge in [0, 0.05) is 42.6 Å². The molecular formula is C24H36N2O4. The third-order valence-electron chi connectivity index (χ3n) is 6.20. The molecule has 1 saturated carbocycles. The predicted molar refractivity (Wildman–Crippen MR) is 117 cm³/mol. The zero-order valence-corrected chi connectivity index (χ0v) is 18.2. The molecule has 1 aromatic rings. The van der Waals surface area contributed by atoms with E-state index < -0.39 is 17.5 Å². The van der Waals surface area contributed by atoms with Crippen LogP contribution in [0.2, 0.25) is 0 Å². The van der Waals surface area contributed by atoms with Crippen molar-refractivity contribution < 1.29 is 19.8 Å². The van der Waals surface area contributed by atoms with Crippen molar-refractivity contribution in [3.63, 3.8) is 0 Å². The number of imidazole rings is 1. The van der Waals surface area contributed by atoms with Crippen LogP contribution in [-0.2, 0) is 9.59 Å². The van der Waals surface area contributed by atoms with E-state index in [1.807, 2.05) is 42.0 Å². The van der Waals surface area contributed by atoms with Crippen LogP contribution < -0.4 is 0 Å². The van der Waals surface area contributed by atoms with E-state index in [-0.39, 0.29) is 24.2 Å². The van der Waals surface area contributed by atoms with Crippen LogP contribution in [0.15, 0.2) is 43.0 Å². The molecule has 2 N–H and O–H groups in total. The average Bonchev–Trinajstić information content (AvgIpc) is 3.31. The molecule has 1 aliphatic carbocycles. The Kier molecular flexibility index (Phi) is 9.50. The molecule has 0 saturated heterocycles. The lowest BCUT2D eigenvalue weighted by atomic mass is 9.75. The molecule has 3 unspecified atom stereocenters. The van der Waals surface area contributed by atoms with Gasteiger partial charge in [0.05, 0.1) is 12.4 Å². The van der Waals surface area contributed by atoms with Gasteiger partial charge < -0.3 is 14.8 Å². The van der Waals surface area contributed by atoms with Gasteiger partial charge >= 0.3 is 5.97 Å². The highest BCUT2D eigenvalue weighted by Gasteiger charge is 2.50. The van der Waals surface area contributed by atoms with Gasteiger partial charge in [0.2, 0.25) is 0 Å².